The lowest BCUT2D eigenvalue weighted by Crippen LogP contribution is -2.37. The van der Waals surface area contributed by atoms with E-state index in [0.29, 0.717) is 27.8 Å². The van der Waals surface area contributed by atoms with Gasteiger partial charge in [0.1, 0.15) is 4.21 Å². The standard InChI is InChI=1S/C12H17BrN2O2S2/c13-11-4-8-18-12(11)19(16,17)15-7-3-10(9-15)14-5-1-2-6-14/h4,8,10H,1-3,5-7,9H2. The molecule has 2 fully saturated rings. The summed E-state index contributed by atoms with van der Waals surface area (Å²) in [5, 5.41) is 1.81. The third-order valence-electron chi connectivity index (χ3n) is 3.94. The smallest absolute Gasteiger partial charge is 0.253 e. The zero-order chi connectivity index (χ0) is 13.5. The minimum Gasteiger partial charge on any atom is -0.299 e. The molecule has 2 aliphatic rings. The van der Waals surface area contributed by atoms with Crippen LogP contribution in [0.2, 0.25) is 0 Å². The Bertz CT molecular complexity index is 552. The lowest BCUT2D eigenvalue weighted by Gasteiger charge is -2.23. The first kappa shape index (κ1) is 14.0. The average Bonchev–Trinajstić information content (AvgIpc) is 3.10. The molecule has 0 bridgehead atoms. The van der Waals surface area contributed by atoms with Crippen LogP contribution < -0.4 is 0 Å². The van der Waals surface area contributed by atoms with Crippen LogP contribution in [0.1, 0.15) is 19.3 Å². The van der Waals surface area contributed by atoms with Gasteiger partial charge in [-0.15, -0.1) is 11.3 Å². The highest BCUT2D eigenvalue weighted by atomic mass is 79.9. The molecule has 1 aromatic heterocycles. The van der Waals surface area contributed by atoms with Crippen molar-refractivity contribution in [3.63, 3.8) is 0 Å². The van der Waals surface area contributed by atoms with Gasteiger partial charge in [0.2, 0.25) is 0 Å². The monoisotopic (exact) mass is 364 g/mol. The van der Waals surface area contributed by atoms with E-state index in [1.807, 2.05) is 5.38 Å². The van der Waals surface area contributed by atoms with Gasteiger partial charge in [-0.05, 0) is 59.7 Å². The molecule has 3 heterocycles. The van der Waals surface area contributed by atoms with E-state index < -0.39 is 10.0 Å². The van der Waals surface area contributed by atoms with Gasteiger partial charge < -0.3 is 0 Å². The van der Waals surface area contributed by atoms with E-state index in [1.165, 1.54) is 24.2 Å². The van der Waals surface area contributed by atoms with E-state index in [2.05, 4.69) is 20.8 Å². The van der Waals surface area contributed by atoms with Gasteiger partial charge in [-0.3, -0.25) is 4.90 Å². The molecule has 2 aliphatic heterocycles. The van der Waals surface area contributed by atoms with Crippen LogP contribution in [0.3, 0.4) is 0 Å². The highest BCUT2D eigenvalue weighted by Crippen LogP contribution is 2.33. The van der Waals surface area contributed by atoms with E-state index in [1.54, 1.807) is 10.4 Å². The number of thiophene rings is 1. The molecule has 0 aromatic carbocycles. The summed E-state index contributed by atoms with van der Waals surface area (Å²) in [7, 11) is -3.31. The largest absolute Gasteiger partial charge is 0.299 e. The maximum atomic E-state index is 12.6. The Balaban J connectivity index is 1.75. The number of likely N-dealkylation sites (tertiary alicyclic amines) is 1. The summed E-state index contributed by atoms with van der Waals surface area (Å²) in [5.74, 6) is 0. The van der Waals surface area contributed by atoms with E-state index >= 15 is 0 Å². The SMILES string of the molecule is O=S(=O)(c1sccc1Br)N1CCC(N2CCCC2)C1. The Kier molecular flexibility index (Phi) is 4.01. The Labute approximate surface area is 126 Å². The zero-order valence-corrected chi connectivity index (χ0v) is 13.8. The third-order valence-corrected chi connectivity index (χ3v) is 8.45. The molecule has 0 saturated carbocycles. The molecule has 106 valence electrons. The highest BCUT2D eigenvalue weighted by Gasteiger charge is 2.37. The fourth-order valence-corrected chi connectivity index (χ4v) is 6.86. The van der Waals surface area contributed by atoms with Gasteiger partial charge in [0, 0.05) is 23.6 Å². The second kappa shape index (κ2) is 5.44. The topological polar surface area (TPSA) is 40.6 Å². The molecule has 0 radical (unpaired) electrons. The van der Waals surface area contributed by atoms with Crippen molar-refractivity contribution in [2.45, 2.75) is 29.5 Å². The molecule has 19 heavy (non-hydrogen) atoms. The summed E-state index contributed by atoms with van der Waals surface area (Å²) >= 11 is 4.61. The number of hydrogen-bond donors (Lipinski definition) is 0. The number of nitrogens with zero attached hydrogens (tertiary/aromatic N) is 2. The van der Waals surface area contributed by atoms with Crippen LogP contribution in [0.15, 0.2) is 20.1 Å². The summed E-state index contributed by atoms with van der Waals surface area (Å²) in [5.41, 5.74) is 0. The molecular formula is C12H17BrN2O2S2. The summed E-state index contributed by atoms with van der Waals surface area (Å²) in [4.78, 5) is 2.44. The van der Waals surface area contributed by atoms with Gasteiger partial charge >= 0.3 is 0 Å². The van der Waals surface area contributed by atoms with Crippen molar-refractivity contribution in [3.8, 4) is 0 Å². The molecule has 0 aliphatic carbocycles. The fraction of sp³-hybridized carbons (Fsp3) is 0.667. The van der Waals surface area contributed by atoms with Crippen LogP contribution in [0, 0.1) is 0 Å². The van der Waals surface area contributed by atoms with Crippen LogP contribution in [0.4, 0.5) is 0 Å². The quantitative estimate of drug-likeness (QED) is 0.826. The minimum absolute atomic E-state index is 0.413. The van der Waals surface area contributed by atoms with Crippen molar-refractivity contribution >= 4 is 37.3 Å². The maximum Gasteiger partial charge on any atom is 0.253 e. The number of hydrogen-bond acceptors (Lipinski definition) is 4. The molecule has 0 N–H and O–H groups in total. The summed E-state index contributed by atoms with van der Waals surface area (Å²) in [6, 6.07) is 2.21. The van der Waals surface area contributed by atoms with E-state index in [4.69, 9.17) is 0 Å². The van der Waals surface area contributed by atoms with Crippen molar-refractivity contribution in [2.24, 2.45) is 0 Å². The van der Waals surface area contributed by atoms with Gasteiger partial charge in [0.25, 0.3) is 10.0 Å². The summed E-state index contributed by atoms with van der Waals surface area (Å²) in [6.45, 7) is 3.54. The fourth-order valence-electron chi connectivity index (χ4n) is 2.91. The molecule has 1 aromatic rings. The number of rotatable bonds is 3. The maximum absolute atomic E-state index is 12.6. The molecule has 2 saturated heterocycles. The normalized spacial score (nSPS) is 26.3. The predicted molar refractivity (Wildman–Crippen MR) is 80.0 cm³/mol. The van der Waals surface area contributed by atoms with Crippen LogP contribution in [0.5, 0.6) is 0 Å². The molecule has 3 rings (SSSR count). The highest BCUT2D eigenvalue weighted by molar-refractivity contribution is 9.10. The number of sulfonamides is 1. The summed E-state index contributed by atoms with van der Waals surface area (Å²) in [6.07, 6.45) is 3.46. The lowest BCUT2D eigenvalue weighted by molar-refractivity contribution is 0.251. The Morgan fingerprint density at radius 3 is 2.63 bits per heavy atom. The first-order valence-corrected chi connectivity index (χ1v) is 9.67. The minimum atomic E-state index is -3.31. The second-order valence-corrected chi connectivity index (χ2v) is 9.01. The van der Waals surface area contributed by atoms with Gasteiger partial charge in [-0.1, -0.05) is 0 Å². The van der Waals surface area contributed by atoms with Crippen LogP contribution in [-0.4, -0.2) is 49.8 Å². The molecule has 4 nitrogen and oxygen atoms in total. The van der Waals surface area contributed by atoms with Crippen LogP contribution in [-0.2, 0) is 10.0 Å². The lowest BCUT2D eigenvalue weighted by atomic mass is 10.2. The molecule has 7 heteroatoms. The van der Waals surface area contributed by atoms with Gasteiger partial charge in [0.15, 0.2) is 0 Å². The van der Waals surface area contributed by atoms with Gasteiger partial charge in [-0.2, -0.15) is 4.31 Å². The van der Waals surface area contributed by atoms with Crippen molar-refractivity contribution in [3.05, 3.63) is 15.9 Å². The second-order valence-electron chi connectivity index (χ2n) is 5.10. The van der Waals surface area contributed by atoms with Crippen molar-refractivity contribution in [2.75, 3.05) is 26.2 Å². The zero-order valence-electron chi connectivity index (χ0n) is 10.6. The van der Waals surface area contributed by atoms with Crippen molar-refractivity contribution < 1.29 is 8.42 Å². The van der Waals surface area contributed by atoms with E-state index in [0.717, 1.165) is 19.5 Å². The molecule has 0 amide bonds. The number of halogens is 1. The first-order chi connectivity index (χ1) is 9.09. The summed E-state index contributed by atoms with van der Waals surface area (Å²) < 4.78 is 27.9. The molecular weight excluding hydrogens is 348 g/mol. The Hall–Kier alpha value is 0.0500. The predicted octanol–water partition coefficient (Wildman–Crippen LogP) is 2.37. The Morgan fingerprint density at radius 1 is 1.26 bits per heavy atom. The van der Waals surface area contributed by atoms with E-state index in [9.17, 15) is 8.42 Å². The Morgan fingerprint density at radius 2 is 2.00 bits per heavy atom. The van der Waals surface area contributed by atoms with Crippen molar-refractivity contribution in [1.82, 2.24) is 9.21 Å². The van der Waals surface area contributed by atoms with Gasteiger partial charge in [0.05, 0.1) is 0 Å². The molecule has 1 atom stereocenters. The molecule has 0 spiro atoms. The van der Waals surface area contributed by atoms with E-state index in [-0.39, 0.29) is 0 Å². The van der Waals surface area contributed by atoms with Crippen LogP contribution >= 0.6 is 27.3 Å². The third kappa shape index (κ3) is 2.63. The average molecular weight is 365 g/mol. The van der Waals surface area contributed by atoms with Crippen LogP contribution in [0.25, 0.3) is 0 Å². The van der Waals surface area contributed by atoms with Gasteiger partial charge in [-0.25, -0.2) is 8.42 Å². The first-order valence-electron chi connectivity index (χ1n) is 6.56. The molecule has 1 unspecified atom stereocenters. The van der Waals surface area contributed by atoms with Crippen molar-refractivity contribution in [1.29, 1.82) is 0 Å².